The Labute approximate surface area is 93.9 Å². The molecule has 0 spiro atoms. The highest BCUT2D eigenvalue weighted by Crippen LogP contribution is 2.20. The van der Waals surface area contributed by atoms with Crippen LogP contribution < -0.4 is 0 Å². The van der Waals surface area contributed by atoms with Gasteiger partial charge in [-0.25, -0.2) is 0 Å². The minimum absolute atomic E-state index is 0.497. The molecule has 0 fully saturated rings. The van der Waals surface area contributed by atoms with Crippen LogP contribution in [0.25, 0.3) is 11.3 Å². The molecule has 0 saturated heterocycles. The molecular formula is C12H11ClN2. The molecule has 2 aromatic rings. The van der Waals surface area contributed by atoms with Crippen LogP contribution in [0.2, 0.25) is 5.15 Å². The van der Waals surface area contributed by atoms with Crippen LogP contribution in [0.5, 0.6) is 0 Å². The molecule has 1 heterocycles. The molecule has 0 aliphatic carbocycles. The van der Waals surface area contributed by atoms with Crippen LogP contribution in [0.4, 0.5) is 0 Å². The Hall–Kier alpha value is -1.41. The standard InChI is InChI=1S/C12H11ClN2/c1-2-9-8-11(14-15-12(9)13)10-6-4-3-5-7-10/h3-8H,2H2,1H3. The molecule has 1 aromatic carbocycles. The fourth-order valence-electron chi connectivity index (χ4n) is 1.41. The Bertz CT molecular complexity index is 454. The second-order valence-corrected chi connectivity index (χ2v) is 3.62. The predicted octanol–water partition coefficient (Wildman–Crippen LogP) is 3.36. The van der Waals surface area contributed by atoms with E-state index >= 15 is 0 Å². The summed E-state index contributed by atoms with van der Waals surface area (Å²) in [5.74, 6) is 0. The lowest BCUT2D eigenvalue weighted by molar-refractivity contribution is 0.990. The number of hydrogen-bond acceptors (Lipinski definition) is 2. The summed E-state index contributed by atoms with van der Waals surface area (Å²) in [4.78, 5) is 0. The summed E-state index contributed by atoms with van der Waals surface area (Å²) >= 11 is 5.91. The third-order valence-electron chi connectivity index (χ3n) is 2.27. The fraction of sp³-hybridized carbons (Fsp3) is 0.167. The van der Waals surface area contributed by atoms with Crippen molar-refractivity contribution in [3.63, 3.8) is 0 Å². The molecule has 3 heteroatoms. The number of aryl methyl sites for hydroxylation is 1. The van der Waals surface area contributed by atoms with Crippen molar-refractivity contribution in [2.75, 3.05) is 0 Å². The Kier molecular flexibility index (Phi) is 2.97. The molecule has 76 valence electrons. The highest BCUT2D eigenvalue weighted by molar-refractivity contribution is 6.30. The first-order valence-corrected chi connectivity index (χ1v) is 5.26. The molecule has 0 radical (unpaired) electrons. The number of nitrogens with zero attached hydrogens (tertiary/aromatic N) is 2. The number of hydrogen-bond donors (Lipinski definition) is 0. The first-order valence-electron chi connectivity index (χ1n) is 4.88. The molecule has 0 aliphatic rings. The third kappa shape index (κ3) is 2.16. The Balaban J connectivity index is 2.46. The van der Waals surface area contributed by atoms with Crippen LogP contribution in [0.3, 0.4) is 0 Å². The first kappa shape index (κ1) is 10.1. The van der Waals surface area contributed by atoms with E-state index in [0.29, 0.717) is 5.15 Å². The molecule has 0 unspecified atom stereocenters. The van der Waals surface area contributed by atoms with Crippen LogP contribution in [0.1, 0.15) is 12.5 Å². The van der Waals surface area contributed by atoms with Crippen molar-refractivity contribution in [3.8, 4) is 11.3 Å². The quantitative estimate of drug-likeness (QED) is 0.773. The van der Waals surface area contributed by atoms with E-state index in [4.69, 9.17) is 11.6 Å². The number of halogens is 1. The van der Waals surface area contributed by atoms with Crippen LogP contribution in [-0.2, 0) is 6.42 Å². The zero-order valence-corrected chi connectivity index (χ0v) is 9.20. The maximum absolute atomic E-state index is 5.91. The lowest BCUT2D eigenvalue weighted by atomic mass is 10.1. The minimum Gasteiger partial charge on any atom is -0.149 e. The molecule has 15 heavy (non-hydrogen) atoms. The van der Waals surface area contributed by atoms with Crippen molar-refractivity contribution in [2.24, 2.45) is 0 Å². The van der Waals surface area contributed by atoms with Gasteiger partial charge in [0.25, 0.3) is 0 Å². The summed E-state index contributed by atoms with van der Waals surface area (Å²) < 4.78 is 0. The van der Waals surface area contributed by atoms with Crippen molar-refractivity contribution < 1.29 is 0 Å². The van der Waals surface area contributed by atoms with Gasteiger partial charge in [-0.3, -0.25) is 0 Å². The third-order valence-corrected chi connectivity index (χ3v) is 2.59. The lowest BCUT2D eigenvalue weighted by Gasteiger charge is -2.03. The van der Waals surface area contributed by atoms with Gasteiger partial charge in [-0.15, -0.1) is 10.2 Å². The predicted molar refractivity (Wildman–Crippen MR) is 61.9 cm³/mol. The average Bonchev–Trinajstić information content (AvgIpc) is 2.31. The highest BCUT2D eigenvalue weighted by atomic mass is 35.5. The molecule has 0 amide bonds. The SMILES string of the molecule is CCc1cc(-c2ccccc2)nnc1Cl. The zero-order valence-electron chi connectivity index (χ0n) is 8.44. The van der Waals surface area contributed by atoms with Crippen molar-refractivity contribution in [1.29, 1.82) is 0 Å². The van der Waals surface area contributed by atoms with Gasteiger partial charge in [0.05, 0.1) is 5.69 Å². The van der Waals surface area contributed by atoms with Gasteiger partial charge in [0.15, 0.2) is 5.15 Å². The molecule has 1 aromatic heterocycles. The molecule has 2 nitrogen and oxygen atoms in total. The summed E-state index contributed by atoms with van der Waals surface area (Å²) in [6, 6.07) is 12.0. The van der Waals surface area contributed by atoms with E-state index in [1.807, 2.05) is 36.4 Å². The van der Waals surface area contributed by atoms with Gasteiger partial charge in [0, 0.05) is 5.56 Å². The van der Waals surface area contributed by atoms with Crippen molar-refractivity contribution >= 4 is 11.6 Å². The van der Waals surface area contributed by atoms with E-state index in [1.165, 1.54) is 0 Å². The summed E-state index contributed by atoms with van der Waals surface area (Å²) in [6.07, 6.45) is 0.869. The second kappa shape index (κ2) is 4.41. The molecule has 2 rings (SSSR count). The Morgan fingerprint density at radius 1 is 1.13 bits per heavy atom. The minimum atomic E-state index is 0.497. The second-order valence-electron chi connectivity index (χ2n) is 3.27. The van der Waals surface area contributed by atoms with Crippen LogP contribution in [0.15, 0.2) is 36.4 Å². The molecular weight excluding hydrogens is 208 g/mol. The summed E-state index contributed by atoms with van der Waals surface area (Å²) in [5, 5.41) is 8.51. The molecule has 0 atom stereocenters. The summed E-state index contributed by atoms with van der Waals surface area (Å²) in [6.45, 7) is 2.05. The number of aromatic nitrogens is 2. The number of benzene rings is 1. The lowest BCUT2D eigenvalue weighted by Crippen LogP contribution is -1.93. The van der Waals surface area contributed by atoms with Gasteiger partial charge in [-0.05, 0) is 18.1 Å². The van der Waals surface area contributed by atoms with Crippen molar-refractivity contribution in [2.45, 2.75) is 13.3 Å². The Morgan fingerprint density at radius 3 is 2.53 bits per heavy atom. The molecule has 0 saturated carbocycles. The molecule has 0 aliphatic heterocycles. The van der Waals surface area contributed by atoms with Gasteiger partial charge in [-0.1, -0.05) is 48.9 Å². The van der Waals surface area contributed by atoms with Crippen molar-refractivity contribution in [3.05, 3.63) is 47.1 Å². The maximum Gasteiger partial charge on any atom is 0.154 e. The fourth-order valence-corrected chi connectivity index (χ4v) is 1.64. The zero-order chi connectivity index (χ0) is 10.7. The average molecular weight is 219 g/mol. The normalized spacial score (nSPS) is 10.3. The van der Waals surface area contributed by atoms with E-state index < -0.39 is 0 Å². The topological polar surface area (TPSA) is 25.8 Å². The number of rotatable bonds is 2. The molecule has 0 N–H and O–H groups in total. The van der Waals surface area contributed by atoms with Crippen molar-refractivity contribution in [1.82, 2.24) is 10.2 Å². The van der Waals surface area contributed by atoms with Crippen LogP contribution in [-0.4, -0.2) is 10.2 Å². The summed E-state index contributed by atoms with van der Waals surface area (Å²) in [5.41, 5.74) is 2.97. The van der Waals surface area contributed by atoms with E-state index in [2.05, 4.69) is 17.1 Å². The smallest absolute Gasteiger partial charge is 0.149 e. The van der Waals surface area contributed by atoms with Gasteiger partial charge in [0.1, 0.15) is 0 Å². The van der Waals surface area contributed by atoms with Gasteiger partial charge < -0.3 is 0 Å². The Morgan fingerprint density at radius 2 is 1.87 bits per heavy atom. The monoisotopic (exact) mass is 218 g/mol. The van der Waals surface area contributed by atoms with Crippen LogP contribution >= 0.6 is 11.6 Å². The highest BCUT2D eigenvalue weighted by Gasteiger charge is 2.04. The van der Waals surface area contributed by atoms with E-state index in [9.17, 15) is 0 Å². The van der Waals surface area contributed by atoms with Gasteiger partial charge in [0.2, 0.25) is 0 Å². The summed E-state index contributed by atoms with van der Waals surface area (Å²) in [7, 11) is 0. The van der Waals surface area contributed by atoms with Gasteiger partial charge >= 0.3 is 0 Å². The first-order chi connectivity index (χ1) is 7.31. The van der Waals surface area contributed by atoms with E-state index in [1.54, 1.807) is 0 Å². The van der Waals surface area contributed by atoms with E-state index in [0.717, 1.165) is 23.2 Å². The maximum atomic E-state index is 5.91. The molecule has 0 bridgehead atoms. The van der Waals surface area contributed by atoms with E-state index in [-0.39, 0.29) is 0 Å². The van der Waals surface area contributed by atoms with Gasteiger partial charge in [-0.2, -0.15) is 0 Å². The van der Waals surface area contributed by atoms with Crippen LogP contribution in [0, 0.1) is 0 Å². The largest absolute Gasteiger partial charge is 0.154 e.